The molecule has 0 saturated carbocycles. The molecule has 1 heterocycles. The smallest absolute Gasteiger partial charge is 0.149 e. The molecule has 1 aromatic carbocycles. The number of rotatable bonds is 2. The van der Waals surface area contributed by atoms with Gasteiger partial charge in [-0.2, -0.15) is 0 Å². The predicted molar refractivity (Wildman–Crippen MR) is 72.7 cm³/mol. The number of nitrogens with one attached hydrogen (secondary N) is 1. The van der Waals surface area contributed by atoms with Gasteiger partial charge in [0.2, 0.25) is 0 Å². The summed E-state index contributed by atoms with van der Waals surface area (Å²) < 4.78 is 13.4. The van der Waals surface area contributed by atoms with E-state index in [0.29, 0.717) is 11.0 Å². The minimum atomic E-state index is -0.204. The Hall–Kier alpha value is -1.68. The number of fused-ring (bicyclic) bond motifs is 1. The second kappa shape index (κ2) is 5.13. The Morgan fingerprint density at radius 3 is 3.05 bits per heavy atom. The van der Waals surface area contributed by atoms with Gasteiger partial charge in [0.05, 0.1) is 18.4 Å². The molecule has 1 atom stereocenters. The van der Waals surface area contributed by atoms with Crippen molar-refractivity contribution in [3.63, 3.8) is 0 Å². The molecule has 1 unspecified atom stereocenters. The standard InChI is InChI=1S/C14H13ClFN3/c15-13-7-17-8-14(19-13)18-12-3-1-2-9-4-5-10(16)6-11(9)12/h4-8,12H,1-3H2,(H,18,19). The SMILES string of the molecule is Fc1ccc2c(c1)C(Nc1cncc(Cl)n1)CCC2. The maximum Gasteiger partial charge on any atom is 0.149 e. The minimum absolute atomic E-state index is 0.0622. The van der Waals surface area contributed by atoms with E-state index in [1.54, 1.807) is 12.3 Å². The van der Waals surface area contributed by atoms with Crippen LogP contribution in [-0.4, -0.2) is 9.97 Å². The molecule has 3 rings (SSSR count). The average molecular weight is 278 g/mol. The van der Waals surface area contributed by atoms with Crippen LogP contribution < -0.4 is 5.32 Å². The van der Waals surface area contributed by atoms with Crippen molar-refractivity contribution in [1.29, 1.82) is 0 Å². The van der Waals surface area contributed by atoms with E-state index in [0.717, 1.165) is 24.8 Å². The third-order valence-corrected chi connectivity index (χ3v) is 3.53. The molecule has 0 radical (unpaired) electrons. The summed E-state index contributed by atoms with van der Waals surface area (Å²) in [5.41, 5.74) is 2.20. The van der Waals surface area contributed by atoms with Crippen LogP contribution in [0.3, 0.4) is 0 Å². The lowest BCUT2D eigenvalue weighted by molar-refractivity contribution is 0.578. The van der Waals surface area contributed by atoms with Crippen molar-refractivity contribution < 1.29 is 4.39 Å². The van der Waals surface area contributed by atoms with Crippen molar-refractivity contribution in [3.05, 3.63) is 52.7 Å². The van der Waals surface area contributed by atoms with Crippen LogP contribution in [0.2, 0.25) is 5.15 Å². The first-order chi connectivity index (χ1) is 9.22. The molecule has 0 spiro atoms. The zero-order valence-electron chi connectivity index (χ0n) is 10.2. The van der Waals surface area contributed by atoms with Crippen LogP contribution in [-0.2, 0) is 6.42 Å². The summed E-state index contributed by atoms with van der Waals surface area (Å²) in [6.07, 6.45) is 6.13. The van der Waals surface area contributed by atoms with Gasteiger partial charge in [0, 0.05) is 0 Å². The van der Waals surface area contributed by atoms with Gasteiger partial charge in [-0.15, -0.1) is 0 Å². The zero-order valence-corrected chi connectivity index (χ0v) is 11.0. The molecular weight excluding hydrogens is 265 g/mol. The Balaban J connectivity index is 1.89. The van der Waals surface area contributed by atoms with Gasteiger partial charge in [-0.3, -0.25) is 4.98 Å². The topological polar surface area (TPSA) is 37.8 Å². The van der Waals surface area contributed by atoms with E-state index in [4.69, 9.17) is 11.6 Å². The van der Waals surface area contributed by atoms with E-state index >= 15 is 0 Å². The Morgan fingerprint density at radius 1 is 1.32 bits per heavy atom. The molecule has 0 bridgehead atoms. The van der Waals surface area contributed by atoms with E-state index in [1.165, 1.54) is 17.8 Å². The number of aryl methyl sites for hydroxylation is 1. The number of hydrogen-bond donors (Lipinski definition) is 1. The van der Waals surface area contributed by atoms with Crippen molar-refractivity contribution in [1.82, 2.24) is 9.97 Å². The highest BCUT2D eigenvalue weighted by Crippen LogP contribution is 2.32. The molecule has 98 valence electrons. The lowest BCUT2D eigenvalue weighted by Crippen LogP contribution is -2.18. The molecule has 2 aromatic rings. The molecule has 1 aliphatic carbocycles. The normalized spacial score (nSPS) is 17.9. The largest absolute Gasteiger partial charge is 0.362 e. The number of benzene rings is 1. The number of hydrogen-bond acceptors (Lipinski definition) is 3. The van der Waals surface area contributed by atoms with E-state index in [-0.39, 0.29) is 11.9 Å². The summed E-state index contributed by atoms with van der Waals surface area (Å²) in [6.45, 7) is 0. The van der Waals surface area contributed by atoms with Crippen molar-refractivity contribution in [2.24, 2.45) is 0 Å². The molecule has 0 saturated heterocycles. The van der Waals surface area contributed by atoms with E-state index in [9.17, 15) is 4.39 Å². The summed E-state index contributed by atoms with van der Waals surface area (Å²) in [5, 5.41) is 3.63. The van der Waals surface area contributed by atoms with Gasteiger partial charge in [0.25, 0.3) is 0 Å². The molecular formula is C14H13ClFN3. The fraction of sp³-hybridized carbons (Fsp3) is 0.286. The molecule has 5 heteroatoms. The van der Waals surface area contributed by atoms with Crippen LogP contribution in [0.15, 0.2) is 30.6 Å². The second-order valence-electron chi connectivity index (χ2n) is 4.66. The predicted octanol–water partition coefficient (Wildman–Crippen LogP) is 3.76. The Bertz CT molecular complexity index is 603. The highest BCUT2D eigenvalue weighted by atomic mass is 35.5. The van der Waals surface area contributed by atoms with E-state index in [1.807, 2.05) is 6.07 Å². The minimum Gasteiger partial charge on any atom is -0.362 e. The van der Waals surface area contributed by atoms with Gasteiger partial charge in [-0.05, 0) is 42.5 Å². The third-order valence-electron chi connectivity index (χ3n) is 3.35. The van der Waals surface area contributed by atoms with Crippen LogP contribution in [0.1, 0.15) is 30.0 Å². The quantitative estimate of drug-likeness (QED) is 0.908. The number of halogens is 2. The van der Waals surface area contributed by atoms with E-state index < -0.39 is 0 Å². The molecule has 1 aromatic heterocycles. The summed E-state index contributed by atoms with van der Waals surface area (Å²) in [7, 11) is 0. The van der Waals surface area contributed by atoms with E-state index in [2.05, 4.69) is 15.3 Å². The number of aromatic nitrogens is 2. The average Bonchev–Trinajstić information content (AvgIpc) is 2.39. The first-order valence-corrected chi connectivity index (χ1v) is 6.62. The second-order valence-corrected chi connectivity index (χ2v) is 5.05. The molecule has 1 aliphatic rings. The maximum absolute atomic E-state index is 13.4. The monoisotopic (exact) mass is 277 g/mol. The summed E-state index contributed by atoms with van der Waals surface area (Å²) in [4.78, 5) is 8.15. The van der Waals surface area contributed by atoms with Gasteiger partial charge < -0.3 is 5.32 Å². The maximum atomic E-state index is 13.4. The number of nitrogens with zero attached hydrogens (tertiary/aromatic N) is 2. The third kappa shape index (κ3) is 2.68. The van der Waals surface area contributed by atoms with Crippen molar-refractivity contribution in [2.75, 3.05) is 5.32 Å². The number of anilines is 1. The lowest BCUT2D eigenvalue weighted by Gasteiger charge is -2.26. The molecule has 19 heavy (non-hydrogen) atoms. The molecule has 0 fully saturated rings. The summed E-state index contributed by atoms with van der Waals surface area (Å²) in [5.74, 6) is 0.416. The van der Waals surface area contributed by atoms with Crippen LogP contribution in [0.4, 0.5) is 10.2 Å². The summed E-state index contributed by atoms with van der Waals surface area (Å²) in [6, 6.07) is 5.04. The summed E-state index contributed by atoms with van der Waals surface area (Å²) >= 11 is 5.81. The first kappa shape index (κ1) is 12.4. The van der Waals surface area contributed by atoms with Gasteiger partial charge in [0.1, 0.15) is 16.8 Å². The van der Waals surface area contributed by atoms with Gasteiger partial charge >= 0.3 is 0 Å². The fourth-order valence-corrected chi connectivity index (χ4v) is 2.66. The van der Waals surface area contributed by atoms with Crippen LogP contribution in [0, 0.1) is 5.82 Å². The van der Waals surface area contributed by atoms with Crippen LogP contribution >= 0.6 is 11.6 Å². The molecule has 1 N–H and O–H groups in total. The lowest BCUT2D eigenvalue weighted by atomic mass is 9.87. The van der Waals surface area contributed by atoms with Crippen molar-refractivity contribution >= 4 is 17.4 Å². The van der Waals surface area contributed by atoms with Gasteiger partial charge in [-0.25, -0.2) is 9.37 Å². The van der Waals surface area contributed by atoms with Gasteiger partial charge in [-0.1, -0.05) is 17.7 Å². The Morgan fingerprint density at radius 2 is 2.21 bits per heavy atom. The first-order valence-electron chi connectivity index (χ1n) is 6.25. The van der Waals surface area contributed by atoms with Crippen molar-refractivity contribution in [2.45, 2.75) is 25.3 Å². The molecule has 3 nitrogen and oxygen atoms in total. The van der Waals surface area contributed by atoms with Crippen LogP contribution in [0.5, 0.6) is 0 Å². The van der Waals surface area contributed by atoms with Gasteiger partial charge in [0.15, 0.2) is 0 Å². The fourth-order valence-electron chi connectivity index (χ4n) is 2.51. The Labute approximate surface area is 115 Å². The highest BCUT2D eigenvalue weighted by molar-refractivity contribution is 6.29. The molecule has 0 amide bonds. The highest BCUT2D eigenvalue weighted by Gasteiger charge is 2.21. The van der Waals surface area contributed by atoms with Crippen LogP contribution in [0.25, 0.3) is 0 Å². The van der Waals surface area contributed by atoms with Crippen molar-refractivity contribution in [3.8, 4) is 0 Å². The Kier molecular flexibility index (Phi) is 3.34. The zero-order chi connectivity index (χ0) is 13.2. The molecule has 0 aliphatic heterocycles.